The summed E-state index contributed by atoms with van der Waals surface area (Å²) in [6.45, 7) is 5.12. The van der Waals surface area contributed by atoms with Crippen molar-refractivity contribution < 1.29 is 4.79 Å². The number of benzene rings is 1. The molecule has 0 spiro atoms. The van der Waals surface area contributed by atoms with Crippen molar-refractivity contribution in [2.45, 2.75) is 26.3 Å². The zero-order chi connectivity index (χ0) is 13.0. The molecular formula is C14H21N3O. The summed E-state index contributed by atoms with van der Waals surface area (Å²) in [6.07, 6.45) is 2.70. The Bertz CT molecular complexity index is 415. The van der Waals surface area contributed by atoms with Gasteiger partial charge in [-0.15, -0.1) is 0 Å². The lowest BCUT2D eigenvalue weighted by atomic mass is 10.1. The summed E-state index contributed by atoms with van der Waals surface area (Å²) in [5, 5.41) is 0. The van der Waals surface area contributed by atoms with Gasteiger partial charge in [0, 0.05) is 18.7 Å². The second-order valence-electron chi connectivity index (χ2n) is 4.90. The van der Waals surface area contributed by atoms with Gasteiger partial charge in [0.05, 0.1) is 0 Å². The van der Waals surface area contributed by atoms with Crippen molar-refractivity contribution in [2.75, 3.05) is 13.1 Å². The van der Waals surface area contributed by atoms with Crippen LogP contribution in [0.3, 0.4) is 0 Å². The third-order valence-electron chi connectivity index (χ3n) is 3.45. The SMILES string of the molecule is CCN(Cc1ccccc1C(=O)NN)CC1CC1. The molecule has 1 saturated carbocycles. The molecule has 0 atom stereocenters. The summed E-state index contributed by atoms with van der Waals surface area (Å²) in [4.78, 5) is 14.1. The zero-order valence-electron chi connectivity index (χ0n) is 10.9. The molecule has 1 fully saturated rings. The van der Waals surface area contributed by atoms with Crippen molar-refractivity contribution in [3.8, 4) is 0 Å². The van der Waals surface area contributed by atoms with Crippen molar-refractivity contribution in [1.82, 2.24) is 10.3 Å². The van der Waals surface area contributed by atoms with Crippen LogP contribution in [0.1, 0.15) is 35.7 Å². The van der Waals surface area contributed by atoms with Gasteiger partial charge in [-0.05, 0) is 36.9 Å². The Balaban J connectivity index is 2.08. The van der Waals surface area contributed by atoms with Crippen molar-refractivity contribution >= 4 is 5.91 Å². The Labute approximate surface area is 108 Å². The van der Waals surface area contributed by atoms with Gasteiger partial charge in [0.15, 0.2) is 0 Å². The fourth-order valence-corrected chi connectivity index (χ4v) is 2.17. The number of carbonyl (C=O) groups excluding carboxylic acids is 1. The van der Waals surface area contributed by atoms with E-state index in [-0.39, 0.29) is 5.91 Å². The Morgan fingerprint density at radius 2 is 2.17 bits per heavy atom. The van der Waals surface area contributed by atoms with Crippen LogP contribution in [-0.4, -0.2) is 23.9 Å². The van der Waals surface area contributed by atoms with E-state index in [1.165, 1.54) is 12.8 Å². The molecule has 1 aliphatic carbocycles. The lowest BCUT2D eigenvalue weighted by Gasteiger charge is -2.21. The van der Waals surface area contributed by atoms with Crippen LogP contribution < -0.4 is 11.3 Å². The minimum absolute atomic E-state index is 0.215. The third kappa shape index (κ3) is 3.31. The highest BCUT2D eigenvalue weighted by atomic mass is 16.2. The van der Waals surface area contributed by atoms with E-state index in [1.807, 2.05) is 24.3 Å². The number of amides is 1. The molecule has 0 aromatic heterocycles. The summed E-state index contributed by atoms with van der Waals surface area (Å²) < 4.78 is 0. The van der Waals surface area contributed by atoms with Gasteiger partial charge in [0.1, 0.15) is 0 Å². The molecule has 98 valence electrons. The quantitative estimate of drug-likeness (QED) is 0.455. The molecule has 0 aliphatic heterocycles. The fraction of sp³-hybridized carbons (Fsp3) is 0.500. The summed E-state index contributed by atoms with van der Waals surface area (Å²) in [5.41, 5.74) is 3.93. The molecule has 2 rings (SSSR count). The number of hydrogen-bond donors (Lipinski definition) is 2. The number of hydrazine groups is 1. The van der Waals surface area contributed by atoms with Gasteiger partial charge in [-0.3, -0.25) is 15.1 Å². The van der Waals surface area contributed by atoms with Crippen LogP contribution in [0.15, 0.2) is 24.3 Å². The molecule has 18 heavy (non-hydrogen) atoms. The topological polar surface area (TPSA) is 58.4 Å². The predicted molar refractivity (Wildman–Crippen MR) is 71.8 cm³/mol. The van der Waals surface area contributed by atoms with Gasteiger partial charge in [0.25, 0.3) is 5.91 Å². The Morgan fingerprint density at radius 1 is 1.44 bits per heavy atom. The standard InChI is InChI=1S/C14H21N3O/c1-2-17(9-11-7-8-11)10-12-5-3-4-6-13(12)14(18)16-15/h3-6,11H,2,7-10,15H2,1H3,(H,16,18). The highest BCUT2D eigenvalue weighted by molar-refractivity contribution is 5.95. The lowest BCUT2D eigenvalue weighted by molar-refractivity contribution is 0.0951. The van der Waals surface area contributed by atoms with Crippen molar-refractivity contribution in [1.29, 1.82) is 0 Å². The molecule has 0 heterocycles. The van der Waals surface area contributed by atoms with E-state index in [2.05, 4.69) is 17.2 Å². The van der Waals surface area contributed by atoms with Crippen LogP contribution in [0.4, 0.5) is 0 Å². The Morgan fingerprint density at radius 3 is 2.78 bits per heavy atom. The summed E-state index contributed by atoms with van der Waals surface area (Å²) in [7, 11) is 0. The average Bonchev–Trinajstić information content (AvgIpc) is 3.21. The fourth-order valence-electron chi connectivity index (χ4n) is 2.17. The number of nitrogen functional groups attached to an aromatic ring is 1. The molecular weight excluding hydrogens is 226 g/mol. The van der Waals surface area contributed by atoms with E-state index < -0.39 is 0 Å². The zero-order valence-corrected chi connectivity index (χ0v) is 10.9. The van der Waals surface area contributed by atoms with Crippen LogP contribution in [0.25, 0.3) is 0 Å². The molecule has 4 heteroatoms. The molecule has 0 unspecified atom stereocenters. The predicted octanol–water partition coefficient (Wildman–Crippen LogP) is 1.52. The highest BCUT2D eigenvalue weighted by Crippen LogP contribution is 2.30. The largest absolute Gasteiger partial charge is 0.299 e. The summed E-state index contributed by atoms with van der Waals surface area (Å²) >= 11 is 0. The Kier molecular flexibility index (Phi) is 4.33. The minimum Gasteiger partial charge on any atom is -0.299 e. The van der Waals surface area contributed by atoms with Crippen molar-refractivity contribution in [2.24, 2.45) is 11.8 Å². The maximum Gasteiger partial charge on any atom is 0.265 e. The van der Waals surface area contributed by atoms with E-state index in [1.54, 1.807) is 0 Å². The molecule has 1 aromatic carbocycles. The number of carbonyl (C=O) groups is 1. The number of nitrogens with one attached hydrogen (secondary N) is 1. The first-order valence-electron chi connectivity index (χ1n) is 6.55. The molecule has 0 bridgehead atoms. The van der Waals surface area contributed by atoms with Crippen molar-refractivity contribution in [3.05, 3.63) is 35.4 Å². The first-order valence-corrected chi connectivity index (χ1v) is 6.55. The number of rotatable bonds is 6. The lowest BCUT2D eigenvalue weighted by Crippen LogP contribution is -2.32. The number of hydrogen-bond acceptors (Lipinski definition) is 3. The van der Waals surface area contributed by atoms with E-state index in [0.29, 0.717) is 5.56 Å². The second-order valence-corrected chi connectivity index (χ2v) is 4.90. The van der Waals surface area contributed by atoms with E-state index >= 15 is 0 Å². The molecule has 3 N–H and O–H groups in total. The van der Waals surface area contributed by atoms with Crippen molar-refractivity contribution in [3.63, 3.8) is 0 Å². The third-order valence-corrected chi connectivity index (χ3v) is 3.45. The average molecular weight is 247 g/mol. The normalized spacial score (nSPS) is 14.8. The summed E-state index contributed by atoms with van der Waals surface area (Å²) in [5.74, 6) is 5.86. The van der Waals surface area contributed by atoms with Crippen LogP contribution in [0, 0.1) is 5.92 Å². The van der Waals surface area contributed by atoms with Gasteiger partial charge in [-0.1, -0.05) is 25.1 Å². The molecule has 1 amide bonds. The van der Waals surface area contributed by atoms with E-state index in [4.69, 9.17) is 5.84 Å². The van der Waals surface area contributed by atoms with Crippen LogP contribution in [-0.2, 0) is 6.54 Å². The van der Waals surface area contributed by atoms with Gasteiger partial charge in [-0.2, -0.15) is 0 Å². The van der Waals surface area contributed by atoms with E-state index in [0.717, 1.165) is 31.1 Å². The smallest absolute Gasteiger partial charge is 0.265 e. The molecule has 1 aliphatic rings. The monoisotopic (exact) mass is 247 g/mol. The van der Waals surface area contributed by atoms with Gasteiger partial charge < -0.3 is 0 Å². The van der Waals surface area contributed by atoms with Gasteiger partial charge in [-0.25, -0.2) is 5.84 Å². The number of nitrogens with two attached hydrogens (primary N) is 1. The maximum absolute atomic E-state index is 11.7. The molecule has 0 radical (unpaired) electrons. The Hall–Kier alpha value is -1.39. The minimum atomic E-state index is -0.215. The van der Waals surface area contributed by atoms with Gasteiger partial charge in [0.2, 0.25) is 0 Å². The first kappa shape index (κ1) is 13.1. The molecule has 4 nitrogen and oxygen atoms in total. The molecule has 1 aromatic rings. The number of nitrogens with zero attached hydrogens (tertiary/aromatic N) is 1. The van der Waals surface area contributed by atoms with Gasteiger partial charge >= 0.3 is 0 Å². The highest BCUT2D eigenvalue weighted by Gasteiger charge is 2.24. The second kappa shape index (κ2) is 5.98. The first-order chi connectivity index (χ1) is 8.74. The van der Waals surface area contributed by atoms with Crippen LogP contribution in [0.2, 0.25) is 0 Å². The summed E-state index contributed by atoms with van der Waals surface area (Å²) in [6, 6.07) is 7.65. The van der Waals surface area contributed by atoms with Crippen LogP contribution >= 0.6 is 0 Å². The maximum atomic E-state index is 11.7. The molecule has 0 saturated heterocycles. The van der Waals surface area contributed by atoms with Crippen LogP contribution in [0.5, 0.6) is 0 Å². The van der Waals surface area contributed by atoms with E-state index in [9.17, 15) is 4.79 Å².